The van der Waals surface area contributed by atoms with E-state index in [2.05, 4.69) is 26.0 Å². The number of rotatable bonds is 4. The van der Waals surface area contributed by atoms with Crippen LogP contribution < -0.4 is 18.9 Å². The third kappa shape index (κ3) is 2.30. The van der Waals surface area contributed by atoms with Gasteiger partial charge in [-0.05, 0) is 59.7 Å². The first-order valence-corrected chi connectivity index (χ1v) is 7.76. The molecule has 0 spiro atoms. The van der Waals surface area contributed by atoms with Gasteiger partial charge in [-0.3, -0.25) is 0 Å². The number of fused-ring (bicyclic) bond motifs is 2. The van der Waals surface area contributed by atoms with E-state index in [1.807, 2.05) is 12.1 Å². The van der Waals surface area contributed by atoms with Crippen molar-refractivity contribution in [1.29, 1.82) is 0 Å². The van der Waals surface area contributed by atoms with Crippen LogP contribution >= 0.6 is 0 Å². The predicted molar refractivity (Wildman–Crippen MR) is 97.1 cm³/mol. The molecule has 0 heterocycles. The van der Waals surface area contributed by atoms with E-state index in [0.717, 1.165) is 55.7 Å². The van der Waals surface area contributed by atoms with Gasteiger partial charge in [0.05, 0.1) is 28.4 Å². The third-order valence-electron chi connectivity index (χ3n) is 4.58. The summed E-state index contributed by atoms with van der Waals surface area (Å²) in [5.41, 5.74) is 2.12. The molecule has 3 rings (SSSR count). The van der Waals surface area contributed by atoms with Crippen LogP contribution in [0.15, 0.2) is 24.3 Å². The Morgan fingerprint density at radius 2 is 0.917 bits per heavy atom. The topological polar surface area (TPSA) is 36.9 Å². The third-order valence-corrected chi connectivity index (χ3v) is 4.58. The van der Waals surface area contributed by atoms with E-state index in [4.69, 9.17) is 18.9 Å². The minimum Gasteiger partial charge on any atom is -0.493 e. The van der Waals surface area contributed by atoms with Crippen LogP contribution in [0.2, 0.25) is 0 Å². The van der Waals surface area contributed by atoms with E-state index >= 15 is 0 Å². The van der Waals surface area contributed by atoms with Crippen LogP contribution in [0.5, 0.6) is 23.0 Å². The van der Waals surface area contributed by atoms with Gasteiger partial charge in [-0.25, -0.2) is 0 Å². The van der Waals surface area contributed by atoms with Crippen LogP contribution in [-0.4, -0.2) is 28.4 Å². The van der Waals surface area contributed by atoms with Crippen molar-refractivity contribution in [1.82, 2.24) is 0 Å². The molecule has 4 heteroatoms. The highest BCUT2D eigenvalue weighted by Crippen LogP contribution is 2.43. The van der Waals surface area contributed by atoms with E-state index in [-0.39, 0.29) is 0 Å². The van der Waals surface area contributed by atoms with E-state index < -0.39 is 0 Å². The van der Waals surface area contributed by atoms with Gasteiger partial charge in [-0.2, -0.15) is 0 Å². The maximum absolute atomic E-state index is 5.58. The van der Waals surface area contributed by atoms with Gasteiger partial charge in [-0.15, -0.1) is 0 Å². The quantitative estimate of drug-likeness (QED) is 0.654. The average molecular weight is 326 g/mol. The number of benzene rings is 3. The summed E-state index contributed by atoms with van der Waals surface area (Å²) in [4.78, 5) is 0. The van der Waals surface area contributed by atoms with E-state index in [0.29, 0.717) is 0 Å². The van der Waals surface area contributed by atoms with Crippen molar-refractivity contribution in [2.45, 2.75) is 13.8 Å². The van der Waals surface area contributed by atoms with Crippen molar-refractivity contribution < 1.29 is 18.9 Å². The highest BCUT2D eigenvalue weighted by molar-refractivity contribution is 6.04. The zero-order valence-corrected chi connectivity index (χ0v) is 14.9. The summed E-state index contributed by atoms with van der Waals surface area (Å²) in [6, 6.07) is 8.33. The Kier molecular flexibility index (Phi) is 4.14. The molecular weight excluding hydrogens is 304 g/mol. The van der Waals surface area contributed by atoms with Gasteiger partial charge in [-0.1, -0.05) is 0 Å². The second-order valence-corrected chi connectivity index (χ2v) is 5.77. The Hall–Kier alpha value is -2.62. The number of hydrogen-bond acceptors (Lipinski definition) is 4. The van der Waals surface area contributed by atoms with E-state index in [1.165, 1.54) is 0 Å². The van der Waals surface area contributed by atoms with Crippen LogP contribution in [0.1, 0.15) is 11.1 Å². The Morgan fingerprint density at radius 1 is 0.542 bits per heavy atom. The zero-order chi connectivity index (χ0) is 17.4. The fraction of sp³-hybridized carbons (Fsp3) is 0.300. The van der Waals surface area contributed by atoms with Crippen LogP contribution in [0.3, 0.4) is 0 Å². The number of ether oxygens (including phenoxy) is 4. The summed E-state index contributed by atoms with van der Waals surface area (Å²) in [5.74, 6) is 3.00. The molecule has 0 saturated heterocycles. The molecule has 0 saturated carbocycles. The van der Waals surface area contributed by atoms with Gasteiger partial charge in [0.15, 0.2) is 23.0 Å². The molecule has 0 atom stereocenters. The Bertz CT molecular complexity index is 852. The SMILES string of the molecule is COc1cc2cc3c(C)c(OC)c(OC)c(C)c3cc2cc1OC. The largest absolute Gasteiger partial charge is 0.493 e. The smallest absolute Gasteiger partial charge is 0.164 e. The standard InChI is InChI=1S/C20H22O4/c1-11-15-7-13-9-17(21-3)18(22-4)10-14(13)8-16(15)12(2)20(24-6)19(11)23-5/h7-10H,1-6H3. The van der Waals surface area contributed by atoms with Gasteiger partial charge in [0, 0.05) is 11.1 Å². The van der Waals surface area contributed by atoms with Crippen LogP contribution in [0.25, 0.3) is 21.5 Å². The monoisotopic (exact) mass is 326 g/mol. The second-order valence-electron chi connectivity index (χ2n) is 5.77. The van der Waals surface area contributed by atoms with Gasteiger partial charge in [0.2, 0.25) is 0 Å². The molecule has 0 N–H and O–H groups in total. The minimum atomic E-state index is 0.721. The molecule has 0 amide bonds. The first kappa shape index (κ1) is 16.2. The van der Waals surface area contributed by atoms with Crippen molar-refractivity contribution in [2.75, 3.05) is 28.4 Å². The molecule has 0 aliphatic rings. The molecule has 0 aliphatic heterocycles. The highest BCUT2D eigenvalue weighted by atomic mass is 16.5. The summed E-state index contributed by atoms with van der Waals surface area (Å²) in [5, 5.41) is 4.47. The summed E-state index contributed by atoms with van der Waals surface area (Å²) >= 11 is 0. The first-order valence-electron chi connectivity index (χ1n) is 7.76. The van der Waals surface area contributed by atoms with Crippen molar-refractivity contribution >= 4 is 21.5 Å². The van der Waals surface area contributed by atoms with Crippen molar-refractivity contribution in [3.63, 3.8) is 0 Å². The van der Waals surface area contributed by atoms with Gasteiger partial charge >= 0.3 is 0 Å². The lowest BCUT2D eigenvalue weighted by Crippen LogP contribution is -1.98. The number of methoxy groups -OCH3 is 4. The number of hydrogen-bond donors (Lipinski definition) is 0. The van der Waals surface area contributed by atoms with Crippen LogP contribution in [0.4, 0.5) is 0 Å². The molecule has 0 radical (unpaired) electrons. The van der Waals surface area contributed by atoms with Gasteiger partial charge < -0.3 is 18.9 Å². The molecule has 3 aromatic rings. The lowest BCUT2D eigenvalue weighted by atomic mass is 9.95. The average Bonchev–Trinajstić information content (AvgIpc) is 2.61. The minimum absolute atomic E-state index is 0.721. The Labute approximate surface area is 141 Å². The molecule has 0 fully saturated rings. The van der Waals surface area contributed by atoms with Gasteiger partial charge in [0.1, 0.15) is 0 Å². The lowest BCUT2D eigenvalue weighted by Gasteiger charge is -2.18. The molecule has 126 valence electrons. The Balaban J connectivity index is 2.44. The molecule has 24 heavy (non-hydrogen) atoms. The maximum atomic E-state index is 5.58. The Morgan fingerprint density at radius 3 is 1.21 bits per heavy atom. The number of aryl methyl sites for hydroxylation is 2. The van der Waals surface area contributed by atoms with Crippen molar-refractivity contribution in [3.8, 4) is 23.0 Å². The van der Waals surface area contributed by atoms with Crippen LogP contribution in [-0.2, 0) is 0 Å². The van der Waals surface area contributed by atoms with Crippen molar-refractivity contribution in [3.05, 3.63) is 35.4 Å². The summed E-state index contributed by atoms with van der Waals surface area (Å²) in [7, 11) is 6.64. The normalized spacial score (nSPS) is 10.9. The molecule has 0 unspecified atom stereocenters. The summed E-state index contributed by atoms with van der Waals surface area (Å²) < 4.78 is 22.0. The summed E-state index contributed by atoms with van der Waals surface area (Å²) in [6.07, 6.45) is 0. The van der Waals surface area contributed by atoms with Gasteiger partial charge in [0.25, 0.3) is 0 Å². The predicted octanol–water partition coefficient (Wildman–Crippen LogP) is 4.64. The molecule has 4 nitrogen and oxygen atoms in total. The molecule has 3 aromatic carbocycles. The molecule has 0 bridgehead atoms. The molecule has 0 aliphatic carbocycles. The zero-order valence-electron chi connectivity index (χ0n) is 14.9. The lowest BCUT2D eigenvalue weighted by molar-refractivity contribution is 0.352. The van der Waals surface area contributed by atoms with Crippen molar-refractivity contribution in [2.24, 2.45) is 0 Å². The van der Waals surface area contributed by atoms with E-state index in [1.54, 1.807) is 28.4 Å². The second kappa shape index (κ2) is 6.11. The molecule has 0 aromatic heterocycles. The molecular formula is C20H22O4. The highest BCUT2D eigenvalue weighted by Gasteiger charge is 2.17. The first-order chi connectivity index (χ1) is 11.5. The summed E-state index contributed by atoms with van der Waals surface area (Å²) in [6.45, 7) is 4.10. The fourth-order valence-corrected chi connectivity index (χ4v) is 3.32. The maximum Gasteiger partial charge on any atom is 0.164 e. The fourth-order valence-electron chi connectivity index (χ4n) is 3.32. The van der Waals surface area contributed by atoms with E-state index in [9.17, 15) is 0 Å². The van der Waals surface area contributed by atoms with Crippen LogP contribution in [0, 0.1) is 13.8 Å².